The highest BCUT2D eigenvalue weighted by Gasteiger charge is 2.57. The van der Waals surface area contributed by atoms with E-state index in [9.17, 15) is 33.0 Å². The Labute approximate surface area is 200 Å². The van der Waals surface area contributed by atoms with Crippen molar-refractivity contribution in [3.63, 3.8) is 0 Å². The third kappa shape index (κ3) is 4.21. The first kappa shape index (κ1) is 26.5. The summed E-state index contributed by atoms with van der Waals surface area (Å²) >= 11 is 3.19. The van der Waals surface area contributed by atoms with Gasteiger partial charge in [-0.05, 0) is 19.6 Å². The number of amides is 1. The van der Waals surface area contributed by atoms with Gasteiger partial charge < -0.3 is 19.7 Å². The number of aryl methyl sites for hydroxylation is 1. The van der Waals surface area contributed by atoms with Crippen LogP contribution in [0.2, 0.25) is 0 Å². The van der Waals surface area contributed by atoms with Gasteiger partial charge in [0.15, 0.2) is 10.1 Å². The summed E-state index contributed by atoms with van der Waals surface area (Å²) in [6.45, 7) is 3.60. The maximum Gasteiger partial charge on any atom is 0.485 e. The lowest BCUT2D eigenvalue weighted by atomic mass is 9.83. The SMILES string of the molecule is CSc1c2sc(C3=C(C(=O)O)N4C(=O)[C@H]([C@@H](C)O)[C@H]4C3)cn2c(C)[n+]1C.O=S(=O)([O-])C(F)(F)F. The lowest BCUT2D eigenvalue weighted by Crippen LogP contribution is -2.61. The smallest absolute Gasteiger partial charge is 0.485 e. The van der Waals surface area contributed by atoms with Crippen LogP contribution < -0.4 is 4.57 Å². The van der Waals surface area contributed by atoms with E-state index in [1.54, 1.807) is 30.0 Å². The predicted octanol–water partition coefficient (Wildman–Crippen LogP) is 1.31. The first-order valence-electron chi connectivity index (χ1n) is 9.57. The molecule has 0 aliphatic carbocycles. The normalized spacial score (nSPS) is 21.3. The molecule has 2 aliphatic heterocycles. The van der Waals surface area contributed by atoms with E-state index in [0.717, 1.165) is 20.6 Å². The Kier molecular flexibility index (Phi) is 6.86. The monoisotopic (exact) mass is 543 g/mol. The van der Waals surface area contributed by atoms with Gasteiger partial charge in [0.25, 0.3) is 5.82 Å². The van der Waals surface area contributed by atoms with E-state index in [1.165, 1.54) is 4.90 Å². The van der Waals surface area contributed by atoms with Crippen LogP contribution >= 0.6 is 23.1 Å². The highest BCUT2D eigenvalue weighted by Crippen LogP contribution is 2.48. The minimum atomic E-state index is -6.09. The van der Waals surface area contributed by atoms with Crippen molar-refractivity contribution < 1.29 is 50.5 Å². The van der Waals surface area contributed by atoms with Crippen molar-refractivity contribution in [3.8, 4) is 0 Å². The fraction of sp³-hybridized carbons (Fsp3) is 0.500. The number of β-lactam (4-membered cyclic amide) rings is 1. The van der Waals surface area contributed by atoms with E-state index in [4.69, 9.17) is 13.0 Å². The molecule has 16 heteroatoms. The second-order valence-corrected chi connectivity index (χ2v) is 10.9. The number of nitrogens with zero attached hydrogens (tertiary/aromatic N) is 3. The molecule has 2 aromatic heterocycles. The van der Waals surface area contributed by atoms with Crippen LogP contribution in [-0.2, 0) is 26.8 Å². The topological polar surface area (TPSA) is 143 Å². The van der Waals surface area contributed by atoms with Gasteiger partial charge in [0, 0.05) is 12.5 Å². The van der Waals surface area contributed by atoms with E-state index in [-0.39, 0.29) is 17.6 Å². The van der Waals surface area contributed by atoms with Crippen LogP contribution in [0.3, 0.4) is 0 Å². The molecular formula is C18H20F3N3O7S3. The molecule has 1 saturated heterocycles. The molecule has 0 unspecified atom stereocenters. The number of thioether (sulfide) groups is 1. The van der Waals surface area contributed by atoms with Gasteiger partial charge >= 0.3 is 11.5 Å². The molecule has 0 spiro atoms. The molecule has 1 amide bonds. The molecular weight excluding hydrogens is 523 g/mol. The van der Waals surface area contributed by atoms with E-state index < -0.39 is 33.6 Å². The third-order valence-corrected chi connectivity index (χ3v) is 8.40. The van der Waals surface area contributed by atoms with Crippen LogP contribution in [0.5, 0.6) is 0 Å². The minimum absolute atomic E-state index is 0.0640. The molecule has 188 valence electrons. The molecule has 3 atom stereocenters. The number of carboxylic acid groups (broad SMARTS) is 1. The number of carbonyl (C=O) groups is 2. The summed E-state index contributed by atoms with van der Waals surface area (Å²) in [4.78, 5) is 27.5. The number of carboxylic acids is 1. The van der Waals surface area contributed by atoms with Crippen LogP contribution in [0.15, 0.2) is 16.9 Å². The maximum atomic E-state index is 12.4. The van der Waals surface area contributed by atoms with Gasteiger partial charge in [0.05, 0.1) is 30.0 Å². The average Bonchev–Trinajstić information content (AvgIpc) is 3.31. The summed E-state index contributed by atoms with van der Waals surface area (Å²) in [7, 11) is -4.08. The molecule has 0 saturated carbocycles. The summed E-state index contributed by atoms with van der Waals surface area (Å²) in [5.74, 6) is -0.851. The summed E-state index contributed by atoms with van der Waals surface area (Å²) in [6.07, 6.45) is 3.67. The predicted molar refractivity (Wildman–Crippen MR) is 114 cm³/mol. The first-order valence-corrected chi connectivity index (χ1v) is 13.0. The lowest BCUT2D eigenvalue weighted by Gasteiger charge is -2.44. The lowest BCUT2D eigenvalue weighted by molar-refractivity contribution is -0.711. The Morgan fingerprint density at radius 3 is 2.41 bits per heavy atom. The van der Waals surface area contributed by atoms with Crippen LogP contribution in [0.4, 0.5) is 13.2 Å². The molecule has 0 bridgehead atoms. The van der Waals surface area contributed by atoms with Gasteiger partial charge in [-0.3, -0.25) is 4.79 Å². The number of alkyl halides is 3. The van der Waals surface area contributed by atoms with Crippen LogP contribution in [0.25, 0.3) is 10.4 Å². The number of hydrogen-bond acceptors (Lipinski definition) is 8. The molecule has 0 radical (unpaired) electrons. The summed E-state index contributed by atoms with van der Waals surface area (Å²) in [6, 6.07) is -0.262. The first-order chi connectivity index (χ1) is 15.5. The van der Waals surface area contributed by atoms with Crippen molar-refractivity contribution in [1.29, 1.82) is 0 Å². The van der Waals surface area contributed by atoms with Crippen molar-refractivity contribution in [1.82, 2.24) is 9.30 Å². The van der Waals surface area contributed by atoms with E-state index in [1.807, 2.05) is 26.4 Å². The second-order valence-electron chi connectivity index (χ2n) is 7.66. The number of aromatic nitrogens is 2. The number of thiazole rings is 1. The quantitative estimate of drug-likeness (QED) is 0.193. The Balaban J connectivity index is 0.000000350. The molecule has 4 rings (SSSR count). The number of halogens is 3. The van der Waals surface area contributed by atoms with Gasteiger partial charge in [-0.1, -0.05) is 23.1 Å². The molecule has 2 aromatic rings. The van der Waals surface area contributed by atoms with Crippen molar-refractivity contribution >= 4 is 55.5 Å². The zero-order chi connectivity index (χ0) is 25.9. The number of fused-ring (bicyclic) bond motifs is 2. The number of aliphatic carboxylic acids is 1. The highest BCUT2D eigenvalue weighted by atomic mass is 32.2. The molecule has 4 heterocycles. The third-order valence-electron chi connectivity index (χ3n) is 5.70. The van der Waals surface area contributed by atoms with Gasteiger partial charge in [-0.2, -0.15) is 17.6 Å². The number of rotatable bonds is 4. The summed E-state index contributed by atoms with van der Waals surface area (Å²) < 4.78 is 63.1. The number of aliphatic hydroxyl groups excluding tert-OH is 1. The van der Waals surface area contributed by atoms with Gasteiger partial charge in [-0.25, -0.2) is 17.8 Å². The van der Waals surface area contributed by atoms with Crippen LogP contribution in [-0.4, -0.2) is 68.3 Å². The fourth-order valence-corrected chi connectivity index (χ4v) is 6.28. The average molecular weight is 544 g/mol. The largest absolute Gasteiger partial charge is 0.741 e. The standard InChI is InChI=1S/C17H19N3O4S2.CHF3O3S/c1-7(21)12-10-5-9(13(17(23)24)20(10)14(12)22)11-6-19-8(2)18(3)15(25-4)16(19)26-11;2-1(3,4)8(5,6)7/h6-7,10,12,21H,5H2,1-4H3;(H,5,6,7)/t7-,10-,12-;/m1./s1. The Bertz CT molecular complexity index is 1310. The van der Waals surface area contributed by atoms with Crippen molar-refractivity contribution in [2.24, 2.45) is 13.0 Å². The molecule has 2 N–H and O–H groups in total. The summed E-state index contributed by atoms with van der Waals surface area (Å²) in [5.41, 5.74) is -4.90. The molecule has 2 aliphatic rings. The Morgan fingerprint density at radius 2 is 1.97 bits per heavy atom. The maximum absolute atomic E-state index is 12.4. The van der Waals surface area contributed by atoms with E-state index >= 15 is 0 Å². The summed E-state index contributed by atoms with van der Waals surface area (Å²) in [5, 5.41) is 20.7. The molecule has 0 aromatic carbocycles. The molecule has 1 fully saturated rings. The minimum Gasteiger partial charge on any atom is -0.741 e. The Hall–Kier alpha value is -2.14. The number of aliphatic hydroxyl groups is 1. The van der Waals surface area contributed by atoms with Crippen molar-refractivity contribution in [3.05, 3.63) is 22.6 Å². The number of carbonyl (C=O) groups excluding carboxylic acids is 1. The van der Waals surface area contributed by atoms with Gasteiger partial charge in [0.2, 0.25) is 15.8 Å². The second kappa shape index (κ2) is 8.82. The van der Waals surface area contributed by atoms with Gasteiger partial charge in [0.1, 0.15) is 11.9 Å². The van der Waals surface area contributed by atoms with Crippen molar-refractivity contribution in [2.45, 2.75) is 42.9 Å². The Morgan fingerprint density at radius 1 is 1.41 bits per heavy atom. The zero-order valence-corrected chi connectivity index (χ0v) is 20.6. The van der Waals surface area contributed by atoms with Gasteiger partial charge in [-0.15, -0.1) is 0 Å². The molecule has 10 nitrogen and oxygen atoms in total. The number of hydrogen-bond donors (Lipinski definition) is 2. The molecule has 34 heavy (non-hydrogen) atoms. The van der Waals surface area contributed by atoms with E-state index in [0.29, 0.717) is 12.0 Å². The van der Waals surface area contributed by atoms with Crippen LogP contribution in [0, 0.1) is 12.8 Å². The van der Waals surface area contributed by atoms with E-state index in [2.05, 4.69) is 8.97 Å². The zero-order valence-electron chi connectivity index (χ0n) is 18.2. The fourth-order valence-electron chi connectivity index (χ4n) is 4.05. The van der Waals surface area contributed by atoms with Crippen molar-refractivity contribution in [2.75, 3.05) is 6.26 Å². The van der Waals surface area contributed by atoms with Crippen LogP contribution in [0.1, 0.15) is 24.0 Å². The highest BCUT2D eigenvalue weighted by molar-refractivity contribution is 7.98. The number of imidazole rings is 1.